The van der Waals surface area contributed by atoms with Crippen LogP contribution in [-0.2, 0) is 0 Å². The molecule has 0 aromatic heterocycles. The van der Waals surface area contributed by atoms with Crippen molar-refractivity contribution in [1.82, 2.24) is 4.90 Å². The molecule has 0 bridgehead atoms. The summed E-state index contributed by atoms with van der Waals surface area (Å²) in [5.41, 5.74) is 0. The molecule has 1 aromatic carbocycles. The molecule has 1 aliphatic rings. The summed E-state index contributed by atoms with van der Waals surface area (Å²) in [5.74, 6) is 0.846. The molecule has 4 nitrogen and oxygen atoms in total. The summed E-state index contributed by atoms with van der Waals surface area (Å²) in [6.07, 6.45) is 0.395. The molecule has 1 aliphatic heterocycles. The van der Waals surface area contributed by atoms with E-state index in [0.717, 1.165) is 19.5 Å². The molecule has 2 unspecified atom stereocenters. The topological polar surface area (TPSA) is 52.9 Å². The standard InChI is InChI=1S/C14H19Cl2NO3/c15-11-1-2-14(13(16)5-11)20-9-12(19)7-17-4-3-10(6-17)8-18/h1-2,5,10,12,18-19H,3-4,6-9H2. The highest BCUT2D eigenvalue weighted by Gasteiger charge is 2.23. The summed E-state index contributed by atoms with van der Waals surface area (Å²) < 4.78 is 5.50. The Morgan fingerprint density at radius 2 is 2.20 bits per heavy atom. The quantitative estimate of drug-likeness (QED) is 0.842. The molecule has 0 saturated carbocycles. The summed E-state index contributed by atoms with van der Waals surface area (Å²) in [4.78, 5) is 2.14. The molecule has 2 N–H and O–H groups in total. The largest absolute Gasteiger partial charge is 0.489 e. The van der Waals surface area contributed by atoms with Gasteiger partial charge in [-0.05, 0) is 37.1 Å². The Bertz CT molecular complexity index is 444. The predicted molar refractivity (Wildman–Crippen MR) is 79.6 cm³/mol. The van der Waals surface area contributed by atoms with E-state index >= 15 is 0 Å². The number of rotatable bonds is 6. The van der Waals surface area contributed by atoms with Crippen molar-refractivity contribution in [2.45, 2.75) is 12.5 Å². The lowest BCUT2D eigenvalue weighted by Gasteiger charge is -2.20. The molecule has 2 rings (SSSR count). The lowest BCUT2D eigenvalue weighted by Crippen LogP contribution is -2.34. The van der Waals surface area contributed by atoms with E-state index in [0.29, 0.717) is 28.3 Å². The minimum atomic E-state index is -0.584. The number of β-amino-alcohol motifs (C(OH)–C–C–N with tert-alkyl or cyclic N) is 1. The van der Waals surface area contributed by atoms with E-state index in [1.165, 1.54) is 0 Å². The van der Waals surface area contributed by atoms with E-state index in [1.807, 2.05) is 0 Å². The number of hydrogen-bond donors (Lipinski definition) is 2. The van der Waals surface area contributed by atoms with Crippen LogP contribution in [0.25, 0.3) is 0 Å². The average molecular weight is 320 g/mol. The molecule has 20 heavy (non-hydrogen) atoms. The number of likely N-dealkylation sites (tertiary alicyclic amines) is 1. The summed E-state index contributed by atoms with van der Waals surface area (Å²) >= 11 is 11.8. The summed E-state index contributed by atoms with van der Waals surface area (Å²) in [5, 5.41) is 20.0. The predicted octanol–water partition coefficient (Wildman–Crippen LogP) is 2.05. The van der Waals surface area contributed by atoms with Gasteiger partial charge in [-0.3, -0.25) is 0 Å². The van der Waals surface area contributed by atoms with Gasteiger partial charge < -0.3 is 19.8 Å². The van der Waals surface area contributed by atoms with Crippen LogP contribution in [0.5, 0.6) is 5.75 Å². The number of aliphatic hydroxyl groups is 2. The zero-order valence-corrected chi connectivity index (χ0v) is 12.6. The Morgan fingerprint density at radius 3 is 2.85 bits per heavy atom. The van der Waals surface area contributed by atoms with Crippen LogP contribution in [-0.4, -0.2) is 54.1 Å². The molecular weight excluding hydrogens is 301 g/mol. The highest BCUT2D eigenvalue weighted by molar-refractivity contribution is 6.35. The van der Waals surface area contributed by atoms with Crippen LogP contribution in [0, 0.1) is 5.92 Å². The zero-order chi connectivity index (χ0) is 14.5. The molecule has 0 radical (unpaired) electrons. The van der Waals surface area contributed by atoms with Gasteiger partial charge in [0.1, 0.15) is 18.5 Å². The Hall–Kier alpha value is -0.520. The number of aliphatic hydroxyl groups excluding tert-OH is 2. The van der Waals surface area contributed by atoms with Gasteiger partial charge in [-0.25, -0.2) is 0 Å². The van der Waals surface area contributed by atoms with Crippen molar-refractivity contribution < 1.29 is 14.9 Å². The maximum Gasteiger partial charge on any atom is 0.138 e. The minimum absolute atomic E-state index is 0.182. The second-order valence-electron chi connectivity index (χ2n) is 5.14. The van der Waals surface area contributed by atoms with Crippen LogP contribution in [0.2, 0.25) is 10.0 Å². The monoisotopic (exact) mass is 319 g/mol. The first-order valence-electron chi connectivity index (χ1n) is 6.67. The molecule has 1 heterocycles. The van der Waals surface area contributed by atoms with Gasteiger partial charge in [0.2, 0.25) is 0 Å². The average Bonchev–Trinajstić information content (AvgIpc) is 2.85. The van der Waals surface area contributed by atoms with E-state index < -0.39 is 6.10 Å². The third kappa shape index (κ3) is 4.50. The second kappa shape index (κ2) is 7.48. The third-order valence-corrected chi connectivity index (χ3v) is 3.95. The molecule has 1 aromatic rings. The fourth-order valence-corrected chi connectivity index (χ4v) is 2.82. The van der Waals surface area contributed by atoms with Crippen molar-refractivity contribution in [1.29, 1.82) is 0 Å². The van der Waals surface area contributed by atoms with Crippen LogP contribution in [0.15, 0.2) is 18.2 Å². The maximum absolute atomic E-state index is 9.98. The molecule has 0 spiro atoms. The lowest BCUT2D eigenvalue weighted by molar-refractivity contribution is 0.0735. The number of halogens is 2. The van der Waals surface area contributed by atoms with E-state index in [1.54, 1.807) is 18.2 Å². The first-order valence-corrected chi connectivity index (χ1v) is 7.43. The van der Waals surface area contributed by atoms with Gasteiger partial charge in [0.15, 0.2) is 0 Å². The smallest absolute Gasteiger partial charge is 0.138 e. The van der Waals surface area contributed by atoms with Crippen molar-refractivity contribution >= 4 is 23.2 Å². The van der Waals surface area contributed by atoms with Gasteiger partial charge in [-0.2, -0.15) is 0 Å². The maximum atomic E-state index is 9.98. The van der Waals surface area contributed by atoms with E-state index in [2.05, 4.69) is 4.90 Å². The molecule has 1 saturated heterocycles. The highest BCUT2D eigenvalue weighted by Crippen LogP contribution is 2.27. The first kappa shape index (κ1) is 15.9. The second-order valence-corrected chi connectivity index (χ2v) is 5.98. The van der Waals surface area contributed by atoms with Gasteiger partial charge in [0.05, 0.1) is 5.02 Å². The van der Waals surface area contributed by atoms with E-state index in [9.17, 15) is 5.11 Å². The molecule has 2 atom stereocenters. The van der Waals surface area contributed by atoms with Gasteiger partial charge in [0, 0.05) is 24.7 Å². The Labute approximate surface area is 128 Å². The summed E-state index contributed by atoms with van der Waals surface area (Å²) in [6, 6.07) is 4.99. The molecular formula is C14H19Cl2NO3. The van der Waals surface area contributed by atoms with Crippen molar-refractivity contribution in [3.8, 4) is 5.75 Å². The van der Waals surface area contributed by atoms with E-state index in [4.69, 9.17) is 33.0 Å². The minimum Gasteiger partial charge on any atom is -0.489 e. The molecule has 6 heteroatoms. The van der Waals surface area contributed by atoms with Crippen LogP contribution >= 0.6 is 23.2 Å². The van der Waals surface area contributed by atoms with Crippen molar-refractivity contribution in [3.63, 3.8) is 0 Å². The van der Waals surface area contributed by atoms with Crippen molar-refractivity contribution in [3.05, 3.63) is 28.2 Å². The molecule has 112 valence electrons. The molecule has 0 aliphatic carbocycles. The highest BCUT2D eigenvalue weighted by atomic mass is 35.5. The fraction of sp³-hybridized carbons (Fsp3) is 0.571. The van der Waals surface area contributed by atoms with Crippen LogP contribution in [0.4, 0.5) is 0 Å². The lowest BCUT2D eigenvalue weighted by atomic mass is 10.1. The number of ether oxygens (including phenoxy) is 1. The Balaban J connectivity index is 1.76. The van der Waals surface area contributed by atoms with Crippen molar-refractivity contribution in [2.24, 2.45) is 5.92 Å². The van der Waals surface area contributed by atoms with Gasteiger partial charge in [0.25, 0.3) is 0 Å². The van der Waals surface area contributed by atoms with Gasteiger partial charge in [-0.15, -0.1) is 0 Å². The third-order valence-electron chi connectivity index (χ3n) is 3.42. The van der Waals surface area contributed by atoms with E-state index in [-0.39, 0.29) is 13.2 Å². The Kier molecular flexibility index (Phi) is 5.93. The normalized spacial score (nSPS) is 21.1. The Morgan fingerprint density at radius 1 is 1.40 bits per heavy atom. The SMILES string of the molecule is OCC1CCN(CC(O)COc2ccc(Cl)cc2Cl)C1. The zero-order valence-electron chi connectivity index (χ0n) is 11.1. The fourth-order valence-electron chi connectivity index (χ4n) is 2.36. The number of hydrogen-bond acceptors (Lipinski definition) is 4. The van der Waals surface area contributed by atoms with Gasteiger partial charge in [-0.1, -0.05) is 23.2 Å². The van der Waals surface area contributed by atoms with Gasteiger partial charge >= 0.3 is 0 Å². The van der Waals surface area contributed by atoms with Crippen molar-refractivity contribution in [2.75, 3.05) is 32.8 Å². The molecule has 1 fully saturated rings. The summed E-state index contributed by atoms with van der Waals surface area (Å²) in [6.45, 7) is 2.67. The number of benzene rings is 1. The van der Waals surface area contributed by atoms with Crippen LogP contribution < -0.4 is 4.74 Å². The first-order chi connectivity index (χ1) is 9.58. The van der Waals surface area contributed by atoms with Crippen LogP contribution in [0.1, 0.15) is 6.42 Å². The summed E-state index contributed by atoms with van der Waals surface area (Å²) in [7, 11) is 0. The van der Waals surface area contributed by atoms with Crippen LogP contribution in [0.3, 0.4) is 0 Å². The number of nitrogens with zero attached hydrogens (tertiary/aromatic N) is 1. The molecule has 0 amide bonds.